The molecular weight excluding hydrogens is 268 g/mol. The van der Waals surface area contributed by atoms with E-state index in [1.165, 1.54) is 12.1 Å². The highest BCUT2D eigenvalue weighted by Crippen LogP contribution is 2.16. The van der Waals surface area contributed by atoms with E-state index in [-0.39, 0.29) is 24.0 Å². The Balaban J connectivity index is 2.54. The number of amides is 1. The maximum absolute atomic E-state index is 11.7. The molecule has 0 aliphatic heterocycles. The molecule has 1 rings (SSSR count). The van der Waals surface area contributed by atoms with E-state index in [2.05, 4.69) is 10.0 Å². The van der Waals surface area contributed by atoms with Crippen molar-refractivity contribution in [2.75, 3.05) is 18.8 Å². The Labute approximate surface area is 112 Å². The van der Waals surface area contributed by atoms with Gasteiger partial charge in [0, 0.05) is 18.7 Å². The second-order valence-electron chi connectivity index (χ2n) is 4.07. The molecule has 0 atom stereocenters. The fraction of sp³-hybridized carbons (Fsp3) is 0.417. The zero-order valence-corrected chi connectivity index (χ0v) is 11.8. The highest BCUT2D eigenvalue weighted by molar-refractivity contribution is 7.89. The van der Waals surface area contributed by atoms with Gasteiger partial charge in [-0.05, 0) is 30.7 Å². The Kier molecular flexibility index (Phi) is 5.31. The minimum atomic E-state index is -3.33. The number of phenols is 1. The molecule has 0 unspecified atom stereocenters. The molecule has 0 spiro atoms. The van der Waals surface area contributed by atoms with Crippen LogP contribution in [0.5, 0.6) is 5.75 Å². The van der Waals surface area contributed by atoms with Gasteiger partial charge in [-0.15, -0.1) is 0 Å². The van der Waals surface area contributed by atoms with E-state index in [9.17, 15) is 18.3 Å². The second kappa shape index (κ2) is 6.53. The third-order valence-corrected chi connectivity index (χ3v) is 3.95. The zero-order valence-electron chi connectivity index (χ0n) is 10.9. The van der Waals surface area contributed by atoms with Crippen molar-refractivity contribution in [2.45, 2.75) is 13.8 Å². The van der Waals surface area contributed by atoms with E-state index < -0.39 is 10.0 Å². The molecule has 1 aromatic rings. The first-order valence-corrected chi connectivity index (χ1v) is 7.56. The van der Waals surface area contributed by atoms with Gasteiger partial charge in [0.15, 0.2) is 0 Å². The van der Waals surface area contributed by atoms with E-state index in [0.717, 1.165) is 0 Å². The molecule has 0 heterocycles. The Hall–Kier alpha value is -1.60. The maximum atomic E-state index is 11.7. The number of hydrogen-bond acceptors (Lipinski definition) is 4. The first kappa shape index (κ1) is 15.5. The van der Waals surface area contributed by atoms with Crippen LogP contribution in [-0.4, -0.2) is 38.3 Å². The van der Waals surface area contributed by atoms with Gasteiger partial charge in [0.05, 0.1) is 5.75 Å². The van der Waals surface area contributed by atoms with Crippen LogP contribution in [0.2, 0.25) is 0 Å². The molecule has 0 aromatic heterocycles. The van der Waals surface area contributed by atoms with E-state index in [1.807, 2.05) is 0 Å². The number of hydrogen-bond donors (Lipinski definition) is 3. The molecule has 0 radical (unpaired) electrons. The van der Waals surface area contributed by atoms with Crippen molar-refractivity contribution < 1.29 is 18.3 Å². The van der Waals surface area contributed by atoms with Crippen molar-refractivity contribution in [1.82, 2.24) is 10.0 Å². The van der Waals surface area contributed by atoms with E-state index in [1.54, 1.807) is 19.9 Å². The number of aromatic hydroxyl groups is 1. The number of carbonyl (C=O) groups excluding carboxylic acids is 1. The van der Waals surface area contributed by atoms with Gasteiger partial charge in [-0.1, -0.05) is 6.92 Å². The van der Waals surface area contributed by atoms with Gasteiger partial charge in [-0.2, -0.15) is 0 Å². The van der Waals surface area contributed by atoms with Crippen molar-refractivity contribution in [1.29, 1.82) is 0 Å². The topological polar surface area (TPSA) is 95.5 Å². The molecular formula is C12H18N2O4S. The van der Waals surface area contributed by atoms with E-state index in [4.69, 9.17) is 0 Å². The van der Waals surface area contributed by atoms with Crippen molar-refractivity contribution in [2.24, 2.45) is 0 Å². The lowest BCUT2D eigenvalue weighted by molar-refractivity contribution is 0.0956. The summed E-state index contributed by atoms with van der Waals surface area (Å²) in [5.41, 5.74) is 0.976. The summed E-state index contributed by atoms with van der Waals surface area (Å²) >= 11 is 0. The van der Waals surface area contributed by atoms with Crippen LogP contribution in [0.3, 0.4) is 0 Å². The SMILES string of the molecule is CCNS(=O)(=O)CCNC(=O)c1ccc(O)c(C)c1. The molecule has 1 aromatic carbocycles. The molecule has 6 nitrogen and oxygen atoms in total. The molecule has 0 saturated heterocycles. The van der Waals surface area contributed by atoms with Crippen molar-refractivity contribution >= 4 is 15.9 Å². The second-order valence-corrected chi connectivity index (χ2v) is 6.00. The number of aryl methyl sites for hydroxylation is 1. The van der Waals surface area contributed by atoms with Crippen LogP contribution in [-0.2, 0) is 10.0 Å². The number of carbonyl (C=O) groups is 1. The summed E-state index contributed by atoms with van der Waals surface area (Å²) in [6.45, 7) is 3.73. The lowest BCUT2D eigenvalue weighted by Crippen LogP contribution is -2.34. The lowest BCUT2D eigenvalue weighted by atomic mass is 10.1. The first-order chi connectivity index (χ1) is 8.85. The fourth-order valence-electron chi connectivity index (χ4n) is 1.49. The number of nitrogens with one attached hydrogen (secondary N) is 2. The predicted octanol–water partition coefficient (Wildman–Crippen LogP) is 0.370. The van der Waals surface area contributed by atoms with Crippen LogP contribution in [0, 0.1) is 6.92 Å². The summed E-state index contributed by atoms with van der Waals surface area (Å²) in [7, 11) is -3.33. The Morgan fingerprint density at radius 3 is 2.63 bits per heavy atom. The van der Waals surface area contributed by atoms with Gasteiger partial charge in [0.1, 0.15) is 5.75 Å². The smallest absolute Gasteiger partial charge is 0.251 e. The van der Waals surface area contributed by atoms with Gasteiger partial charge in [0.25, 0.3) is 5.91 Å². The van der Waals surface area contributed by atoms with Crippen LogP contribution in [0.1, 0.15) is 22.8 Å². The van der Waals surface area contributed by atoms with Crippen molar-refractivity contribution in [3.8, 4) is 5.75 Å². The fourth-order valence-corrected chi connectivity index (χ4v) is 2.44. The highest BCUT2D eigenvalue weighted by Gasteiger charge is 2.11. The van der Waals surface area contributed by atoms with Gasteiger partial charge in [-0.25, -0.2) is 13.1 Å². The standard InChI is InChI=1S/C12H18N2O4S/c1-3-14-19(17,18)7-6-13-12(16)10-4-5-11(15)9(2)8-10/h4-5,8,14-15H,3,6-7H2,1-2H3,(H,13,16). The summed E-state index contributed by atoms with van der Waals surface area (Å²) in [4.78, 5) is 11.7. The number of rotatable bonds is 6. The minimum absolute atomic E-state index is 0.0358. The number of benzene rings is 1. The van der Waals surface area contributed by atoms with Gasteiger partial charge in [0.2, 0.25) is 10.0 Å². The van der Waals surface area contributed by atoms with Gasteiger partial charge in [-0.3, -0.25) is 4.79 Å². The minimum Gasteiger partial charge on any atom is -0.508 e. The summed E-state index contributed by atoms with van der Waals surface area (Å²) in [5, 5.41) is 11.9. The monoisotopic (exact) mass is 286 g/mol. The molecule has 3 N–H and O–H groups in total. The van der Waals surface area contributed by atoms with E-state index in [0.29, 0.717) is 17.7 Å². The molecule has 7 heteroatoms. The highest BCUT2D eigenvalue weighted by atomic mass is 32.2. The Bertz CT molecular complexity index is 555. The third kappa shape index (κ3) is 4.88. The van der Waals surface area contributed by atoms with Crippen LogP contribution in [0.25, 0.3) is 0 Å². The van der Waals surface area contributed by atoms with Crippen LogP contribution in [0.15, 0.2) is 18.2 Å². The quantitative estimate of drug-likeness (QED) is 0.704. The zero-order chi connectivity index (χ0) is 14.5. The number of sulfonamides is 1. The molecule has 19 heavy (non-hydrogen) atoms. The molecule has 0 aliphatic carbocycles. The van der Waals surface area contributed by atoms with Crippen LogP contribution >= 0.6 is 0 Å². The third-order valence-electron chi connectivity index (χ3n) is 2.48. The van der Waals surface area contributed by atoms with Gasteiger partial charge >= 0.3 is 0 Å². The molecule has 0 aliphatic rings. The average Bonchev–Trinajstić information content (AvgIpc) is 2.32. The molecule has 106 valence electrons. The number of phenolic OH excluding ortho intramolecular Hbond substituents is 1. The normalized spacial score (nSPS) is 11.3. The largest absolute Gasteiger partial charge is 0.508 e. The Morgan fingerprint density at radius 2 is 2.05 bits per heavy atom. The Morgan fingerprint density at radius 1 is 1.37 bits per heavy atom. The molecule has 0 bridgehead atoms. The summed E-state index contributed by atoms with van der Waals surface area (Å²) in [6, 6.07) is 4.46. The van der Waals surface area contributed by atoms with Gasteiger partial charge < -0.3 is 10.4 Å². The molecule has 0 fully saturated rings. The van der Waals surface area contributed by atoms with Crippen LogP contribution < -0.4 is 10.0 Å². The lowest BCUT2D eigenvalue weighted by Gasteiger charge is -2.07. The van der Waals surface area contributed by atoms with E-state index >= 15 is 0 Å². The van der Waals surface area contributed by atoms with Crippen molar-refractivity contribution in [3.05, 3.63) is 29.3 Å². The maximum Gasteiger partial charge on any atom is 0.251 e. The summed E-state index contributed by atoms with van der Waals surface area (Å²) in [6.07, 6.45) is 0. The van der Waals surface area contributed by atoms with Crippen molar-refractivity contribution in [3.63, 3.8) is 0 Å². The molecule has 1 amide bonds. The summed E-state index contributed by atoms with van der Waals surface area (Å²) < 4.78 is 25.0. The van der Waals surface area contributed by atoms with Crippen LogP contribution in [0.4, 0.5) is 0 Å². The molecule has 0 saturated carbocycles. The average molecular weight is 286 g/mol. The first-order valence-electron chi connectivity index (χ1n) is 5.91. The predicted molar refractivity (Wildman–Crippen MR) is 72.6 cm³/mol. The summed E-state index contributed by atoms with van der Waals surface area (Å²) in [5.74, 6) is -0.412.